The lowest BCUT2D eigenvalue weighted by atomic mass is 9.55. The summed E-state index contributed by atoms with van der Waals surface area (Å²) in [4.78, 5) is 11.0. The van der Waals surface area contributed by atoms with E-state index in [0.717, 1.165) is 25.7 Å². The average Bonchev–Trinajstić information content (AvgIpc) is 2.30. The highest BCUT2D eigenvalue weighted by Crippen LogP contribution is 2.54. The highest BCUT2D eigenvalue weighted by atomic mass is 16.4. The minimum absolute atomic E-state index is 0.120. The highest BCUT2D eigenvalue weighted by molar-refractivity contribution is 5.86. The molecule has 4 atom stereocenters. The molecule has 2 fully saturated rings. The second-order valence-electron chi connectivity index (χ2n) is 6.08. The third-order valence-electron chi connectivity index (χ3n) is 5.06. The fraction of sp³-hybridized carbons (Fsp3) is 0.667. The van der Waals surface area contributed by atoms with Crippen LogP contribution < -0.4 is 0 Å². The normalized spacial score (nSPS) is 40.1. The number of allylic oxidation sites excluding steroid dienone is 1. The van der Waals surface area contributed by atoms with Gasteiger partial charge in [-0.1, -0.05) is 25.7 Å². The Kier molecular flexibility index (Phi) is 3.37. The molecule has 100 valence electrons. The van der Waals surface area contributed by atoms with E-state index in [9.17, 15) is 9.90 Å². The summed E-state index contributed by atoms with van der Waals surface area (Å²) >= 11 is 0. The van der Waals surface area contributed by atoms with Crippen LogP contribution in [0.25, 0.3) is 0 Å². The Morgan fingerprint density at radius 1 is 1.44 bits per heavy atom. The standard InChI is InChI=1S/C15H22O3/c1-9-5-4-6-15(3)12(9)7-11(8-13(15)16)10(2)14(17)18/h11-13,16H,1-2,4-8H2,3H3,(H,17,18)/t11-,12+,13-,15-/m0/s1. The minimum atomic E-state index is -0.947. The van der Waals surface area contributed by atoms with Crippen molar-refractivity contribution in [1.82, 2.24) is 0 Å². The van der Waals surface area contributed by atoms with Crippen molar-refractivity contribution in [2.45, 2.75) is 45.1 Å². The van der Waals surface area contributed by atoms with Crippen molar-refractivity contribution in [3.8, 4) is 0 Å². The Bertz CT molecular complexity index is 399. The molecule has 0 aliphatic heterocycles. The SMILES string of the molecule is C=C(C(=O)O)[C@H]1C[C@@H]2C(=C)CCC[C@]2(C)[C@@H](O)C1. The van der Waals surface area contributed by atoms with Gasteiger partial charge in [0.25, 0.3) is 0 Å². The van der Waals surface area contributed by atoms with Crippen LogP contribution in [0.3, 0.4) is 0 Å². The molecule has 0 radical (unpaired) electrons. The van der Waals surface area contributed by atoms with E-state index in [0.29, 0.717) is 6.42 Å². The summed E-state index contributed by atoms with van der Waals surface area (Å²) < 4.78 is 0. The minimum Gasteiger partial charge on any atom is -0.478 e. The third kappa shape index (κ3) is 2.01. The second-order valence-corrected chi connectivity index (χ2v) is 6.08. The summed E-state index contributed by atoms with van der Waals surface area (Å²) in [6.45, 7) is 9.90. The van der Waals surface area contributed by atoms with Crippen molar-refractivity contribution in [3.05, 3.63) is 24.3 Å². The largest absolute Gasteiger partial charge is 0.478 e. The molecule has 18 heavy (non-hydrogen) atoms. The van der Waals surface area contributed by atoms with Crippen LogP contribution in [0.1, 0.15) is 39.0 Å². The van der Waals surface area contributed by atoms with Crippen LogP contribution in [0, 0.1) is 17.3 Å². The van der Waals surface area contributed by atoms with Crippen LogP contribution in [0.5, 0.6) is 0 Å². The zero-order chi connectivity index (χ0) is 13.5. The summed E-state index contributed by atoms with van der Waals surface area (Å²) in [7, 11) is 0. The van der Waals surface area contributed by atoms with Crippen molar-refractivity contribution >= 4 is 5.97 Å². The number of hydrogen-bond acceptors (Lipinski definition) is 2. The fourth-order valence-corrected chi connectivity index (χ4v) is 3.72. The van der Waals surface area contributed by atoms with E-state index in [1.54, 1.807) is 0 Å². The summed E-state index contributed by atoms with van der Waals surface area (Å²) in [5, 5.41) is 19.5. The summed E-state index contributed by atoms with van der Waals surface area (Å²) in [6.07, 6.45) is 3.93. The van der Waals surface area contributed by atoms with Crippen LogP contribution in [0.15, 0.2) is 24.3 Å². The number of hydrogen-bond donors (Lipinski definition) is 2. The van der Waals surface area contributed by atoms with Crippen LogP contribution in [-0.4, -0.2) is 22.3 Å². The number of aliphatic hydroxyl groups excluding tert-OH is 1. The molecule has 0 aromatic heterocycles. The predicted molar refractivity (Wildman–Crippen MR) is 70.1 cm³/mol. The third-order valence-corrected chi connectivity index (χ3v) is 5.06. The van der Waals surface area contributed by atoms with E-state index in [-0.39, 0.29) is 22.8 Å². The van der Waals surface area contributed by atoms with Crippen LogP contribution in [0.2, 0.25) is 0 Å². The molecule has 3 heteroatoms. The van der Waals surface area contributed by atoms with Crippen molar-refractivity contribution in [2.75, 3.05) is 0 Å². The molecule has 0 saturated heterocycles. The maximum atomic E-state index is 11.0. The van der Waals surface area contributed by atoms with Crippen LogP contribution in [0.4, 0.5) is 0 Å². The molecule has 2 N–H and O–H groups in total. The molecule has 0 spiro atoms. The number of carboxylic acids is 1. The molecule has 2 rings (SSSR count). The molecule has 0 unspecified atom stereocenters. The van der Waals surface area contributed by atoms with Crippen molar-refractivity contribution in [1.29, 1.82) is 0 Å². The van der Waals surface area contributed by atoms with E-state index in [1.807, 2.05) is 0 Å². The van der Waals surface area contributed by atoms with Gasteiger partial charge in [0.2, 0.25) is 0 Å². The number of aliphatic carboxylic acids is 1. The monoisotopic (exact) mass is 250 g/mol. The first-order chi connectivity index (χ1) is 8.36. The van der Waals surface area contributed by atoms with E-state index in [2.05, 4.69) is 20.1 Å². The van der Waals surface area contributed by atoms with Gasteiger partial charge in [-0.05, 0) is 43.9 Å². The number of fused-ring (bicyclic) bond motifs is 1. The van der Waals surface area contributed by atoms with Gasteiger partial charge in [-0.15, -0.1) is 0 Å². The van der Waals surface area contributed by atoms with Crippen LogP contribution in [-0.2, 0) is 4.79 Å². The lowest BCUT2D eigenvalue weighted by molar-refractivity contribution is -0.134. The van der Waals surface area contributed by atoms with E-state index in [1.165, 1.54) is 5.57 Å². The number of rotatable bonds is 2. The highest BCUT2D eigenvalue weighted by Gasteiger charge is 2.49. The molecule has 0 aromatic carbocycles. The topological polar surface area (TPSA) is 57.5 Å². The van der Waals surface area contributed by atoms with Gasteiger partial charge in [0.1, 0.15) is 0 Å². The maximum Gasteiger partial charge on any atom is 0.331 e. The quantitative estimate of drug-likeness (QED) is 0.585. The van der Waals surface area contributed by atoms with E-state index < -0.39 is 12.1 Å². The molecule has 2 aliphatic rings. The molecular weight excluding hydrogens is 228 g/mol. The molecule has 2 saturated carbocycles. The Hall–Kier alpha value is -1.09. The first kappa shape index (κ1) is 13.3. The van der Waals surface area contributed by atoms with Gasteiger partial charge in [-0.3, -0.25) is 0 Å². The molecule has 2 aliphatic carbocycles. The summed E-state index contributed by atoms with van der Waals surface area (Å²) in [5.74, 6) is -0.834. The van der Waals surface area contributed by atoms with Crippen molar-refractivity contribution in [2.24, 2.45) is 17.3 Å². The van der Waals surface area contributed by atoms with E-state index in [4.69, 9.17) is 5.11 Å². The van der Waals surface area contributed by atoms with Gasteiger partial charge in [-0.25, -0.2) is 4.79 Å². The fourth-order valence-electron chi connectivity index (χ4n) is 3.72. The first-order valence-electron chi connectivity index (χ1n) is 6.64. The predicted octanol–water partition coefficient (Wildman–Crippen LogP) is 2.76. The zero-order valence-electron chi connectivity index (χ0n) is 11.0. The summed E-state index contributed by atoms with van der Waals surface area (Å²) in [6, 6.07) is 0. The number of carboxylic acid groups (broad SMARTS) is 1. The average molecular weight is 250 g/mol. The molecule has 0 aromatic rings. The Labute approximate surface area is 108 Å². The lowest BCUT2D eigenvalue weighted by Crippen LogP contribution is -2.48. The Morgan fingerprint density at radius 3 is 2.72 bits per heavy atom. The summed E-state index contributed by atoms with van der Waals surface area (Å²) in [5.41, 5.74) is 1.28. The Morgan fingerprint density at radius 2 is 2.11 bits per heavy atom. The molecule has 0 heterocycles. The van der Waals surface area contributed by atoms with Crippen LogP contribution >= 0.6 is 0 Å². The van der Waals surface area contributed by atoms with Gasteiger partial charge in [0.05, 0.1) is 6.10 Å². The van der Waals surface area contributed by atoms with E-state index >= 15 is 0 Å². The second kappa shape index (κ2) is 4.54. The van der Waals surface area contributed by atoms with Gasteiger partial charge in [-0.2, -0.15) is 0 Å². The zero-order valence-corrected chi connectivity index (χ0v) is 11.0. The maximum absolute atomic E-state index is 11.0. The molecule has 0 bridgehead atoms. The number of carbonyl (C=O) groups is 1. The molecule has 0 amide bonds. The van der Waals surface area contributed by atoms with Gasteiger partial charge in [0, 0.05) is 11.0 Å². The molecular formula is C15H22O3. The van der Waals surface area contributed by atoms with Gasteiger partial charge >= 0.3 is 5.97 Å². The number of aliphatic hydroxyl groups is 1. The van der Waals surface area contributed by atoms with Crippen molar-refractivity contribution in [3.63, 3.8) is 0 Å². The Balaban J connectivity index is 2.23. The van der Waals surface area contributed by atoms with Crippen molar-refractivity contribution < 1.29 is 15.0 Å². The van der Waals surface area contributed by atoms with Gasteiger partial charge in [0.15, 0.2) is 0 Å². The molecule has 3 nitrogen and oxygen atoms in total. The smallest absolute Gasteiger partial charge is 0.331 e. The van der Waals surface area contributed by atoms with Gasteiger partial charge < -0.3 is 10.2 Å². The first-order valence-corrected chi connectivity index (χ1v) is 6.64. The lowest BCUT2D eigenvalue weighted by Gasteiger charge is -2.51.